The van der Waals surface area contributed by atoms with Crippen molar-refractivity contribution in [1.29, 1.82) is 0 Å². The highest BCUT2D eigenvalue weighted by atomic mass is 19.1. The van der Waals surface area contributed by atoms with Crippen LogP contribution in [0.4, 0.5) is 10.1 Å². The van der Waals surface area contributed by atoms with Crippen molar-refractivity contribution >= 4 is 11.6 Å². The van der Waals surface area contributed by atoms with Gasteiger partial charge in [-0.05, 0) is 67.6 Å². The van der Waals surface area contributed by atoms with Crippen LogP contribution in [0.15, 0.2) is 83.4 Å². The van der Waals surface area contributed by atoms with Crippen molar-refractivity contribution in [3.63, 3.8) is 0 Å². The van der Waals surface area contributed by atoms with E-state index < -0.39 is 0 Å². The van der Waals surface area contributed by atoms with Gasteiger partial charge >= 0.3 is 0 Å². The fourth-order valence-electron chi connectivity index (χ4n) is 4.26. The van der Waals surface area contributed by atoms with Gasteiger partial charge in [-0.1, -0.05) is 12.1 Å². The Morgan fingerprint density at radius 2 is 1.69 bits per heavy atom. The number of amides is 1. The highest BCUT2D eigenvalue weighted by Gasteiger charge is 2.25. The quantitative estimate of drug-likeness (QED) is 0.371. The molecule has 178 valence electrons. The molecule has 5 rings (SSSR count). The number of halogens is 1. The smallest absolute Gasteiger partial charge is 0.254 e. The van der Waals surface area contributed by atoms with E-state index in [1.54, 1.807) is 18.3 Å². The second kappa shape index (κ2) is 10.0. The van der Waals surface area contributed by atoms with Gasteiger partial charge in [0.25, 0.3) is 5.91 Å². The van der Waals surface area contributed by atoms with Crippen LogP contribution in [-0.4, -0.2) is 48.6 Å². The maximum absolute atomic E-state index is 13.4. The van der Waals surface area contributed by atoms with E-state index in [1.165, 1.54) is 12.1 Å². The van der Waals surface area contributed by atoms with E-state index in [1.807, 2.05) is 60.4 Å². The maximum atomic E-state index is 13.4. The third-order valence-corrected chi connectivity index (χ3v) is 6.10. The Morgan fingerprint density at radius 3 is 2.40 bits per heavy atom. The first-order valence-corrected chi connectivity index (χ1v) is 11.7. The summed E-state index contributed by atoms with van der Waals surface area (Å²) in [5, 5.41) is 0. The van der Waals surface area contributed by atoms with E-state index in [9.17, 15) is 9.18 Å². The number of ether oxygens (including phenoxy) is 1. The number of hydrogen-bond donors (Lipinski definition) is 0. The molecule has 1 fully saturated rings. The number of anilines is 1. The molecule has 0 radical (unpaired) electrons. The van der Waals surface area contributed by atoms with Gasteiger partial charge in [-0.3, -0.25) is 4.79 Å². The van der Waals surface area contributed by atoms with Crippen LogP contribution in [0.5, 0.6) is 5.75 Å². The molecular formula is C28H26FN3O3. The molecular weight excluding hydrogens is 445 g/mol. The van der Waals surface area contributed by atoms with Crippen molar-refractivity contribution in [3.05, 3.63) is 90.4 Å². The lowest BCUT2D eigenvalue weighted by Crippen LogP contribution is -2.48. The van der Waals surface area contributed by atoms with Crippen molar-refractivity contribution in [1.82, 2.24) is 9.88 Å². The molecule has 35 heavy (non-hydrogen) atoms. The van der Waals surface area contributed by atoms with Crippen molar-refractivity contribution in [2.75, 3.05) is 37.7 Å². The molecule has 1 aliphatic rings. The Labute approximate surface area is 203 Å². The normalized spacial score (nSPS) is 13.7. The number of nitrogens with zero attached hydrogens (tertiary/aromatic N) is 3. The predicted molar refractivity (Wildman–Crippen MR) is 133 cm³/mol. The van der Waals surface area contributed by atoms with Gasteiger partial charge in [0, 0.05) is 43.0 Å². The molecule has 6 nitrogen and oxygen atoms in total. The van der Waals surface area contributed by atoms with Gasteiger partial charge in [-0.25, -0.2) is 9.37 Å². The summed E-state index contributed by atoms with van der Waals surface area (Å²) in [5.74, 6) is 1.52. The van der Waals surface area contributed by atoms with Crippen molar-refractivity contribution < 1.29 is 18.3 Å². The van der Waals surface area contributed by atoms with Gasteiger partial charge in [0.15, 0.2) is 5.76 Å². The summed E-state index contributed by atoms with van der Waals surface area (Å²) in [7, 11) is 0. The number of carbonyl (C=O) groups is 1. The van der Waals surface area contributed by atoms with E-state index in [4.69, 9.17) is 9.15 Å². The van der Waals surface area contributed by atoms with E-state index in [2.05, 4.69) is 9.88 Å². The fraction of sp³-hybridized carbons (Fsp3) is 0.214. The number of carbonyl (C=O) groups excluding carboxylic acids is 1. The fourth-order valence-corrected chi connectivity index (χ4v) is 4.26. The van der Waals surface area contributed by atoms with E-state index in [0.29, 0.717) is 55.6 Å². The first kappa shape index (κ1) is 22.7. The zero-order valence-electron chi connectivity index (χ0n) is 19.5. The average molecular weight is 472 g/mol. The van der Waals surface area contributed by atoms with Gasteiger partial charge in [0.05, 0.1) is 18.4 Å². The van der Waals surface area contributed by atoms with Gasteiger partial charge < -0.3 is 19.0 Å². The lowest BCUT2D eigenvalue weighted by molar-refractivity contribution is 0.0747. The van der Waals surface area contributed by atoms with Crippen LogP contribution in [0, 0.1) is 5.82 Å². The lowest BCUT2D eigenvalue weighted by Gasteiger charge is -2.36. The molecule has 3 aromatic carbocycles. The van der Waals surface area contributed by atoms with Crippen LogP contribution < -0.4 is 9.64 Å². The van der Waals surface area contributed by atoms with E-state index >= 15 is 0 Å². The van der Waals surface area contributed by atoms with Crippen LogP contribution in [0.3, 0.4) is 0 Å². The monoisotopic (exact) mass is 471 g/mol. The van der Waals surface area contributed by atoms with Crippen molar-refractivity contribution in [3.8, 4) is 28.5 Å². The number of benzene rings is 3. The summed E-state index contributed by atoms with van der Waals surface area (Å²) in [4.78, 5) is 21.9. The zero-order valence-corrected chi connectivity index (χ0v) is 19.5. The molecule has 2 heterocycles. The van der Waals surface area contributed by atoms with Gasteiger partial charge in [0.1, 0.15) is 11.6 Å². The van der Waals surface area contributed by atoms with E-state index in [0.717, 1.165) is 17.0 Å². The molecule has 0 aliphatic carbocycles. The lowest BCUT2D eigenvalue weighted by atomic mass is 10.1. The summed E-state index contributed by atoms with van der Waals surface area (Å²) >= 11 is 0. The minimum absolute atomic E-state index is 0.0554. The average Bonchev–Trinajstić information content (AvgIpc) is 3.40. The second-order valence-electron chi connectivity index (χ2n) is 8.29. The molecule has 4 aromatic rings. The summed E-state index contributed by atoms with van der Waals surface area (Å²) in [6.45, 7) is 5.07. The Bertz CT molecular complexity index is 1290. The van der Waals surface area contributed by atoms with Gasteiger partial charge in [-0.2, -0.15) is 0 Å². The minimum Gasteiger partial charge on any atom is -0.494 e. The molecule has 0 unspecified atom stereocenters. The highest BCUT2D eigenvalue weighted by molar-refractivity contribution is 6.00. The van der Waals surface area contributed by atoms with Crippen LogP contribution in [0.25, 0.3) is 22.8 Å². The van der Waals surface area contributed by atoms with Gasteiger partial charge in [-0.15, -0.1) is 0 Å². The Balaban J connectivity index is 1.31. The SMILES string of the molecule is CCOc1ccc(-c2cnc(-c3ccccc3C(=O)N3CCN(c4ccc(F)cc4)CC3)o2)cc1. The van der Waals surface area contributed by atoms with Crippen LogP contribution in [0.2, 0.25) is 0 Å². The molecule has 0 spiro atoms. The molecule has 0 saturated carbocycles. The summed E-state index contributed by atoms with van der Waals surface area (Å²) in [5.41, 5.74) is 3.06. The van der Waals surface area contributed by atoms with Crippen molar-refractivity contribution in [2.24, 2.45) is 0 Å². The molecule has 7 heteroatoms. The third kappa shape index (κ3) is 4.89. The molecule has 0 bridgehead atoms. The molecule has 1 amide bonds. The molecule has 1 aliphatic heterocycles. The Hall–Kier alpha value is -4.13. The first-order chi connectivity index (χ1) is 17.1. The molecule has 0 atom stereocenters. The Kier molecular flexibility index (Phi) is 6.48. The minimum atomic E-state index is -0.253. The van der Waals surface area contributed by atoms with Crippen LogP contribution in [-0.2, 0) is 0 Å². The summed E-state index contributed by atoms with van der Waals surface area (Å²) in [6, 6.07) is 21.5. The van der Waals surface area contributed by atoms with Crippen molar-refractivity contribution in [2.45, 2.75) is 6.92 Å². The Morgan fingerprint density at radius 1 is 0.971 bits per heavy atom. The standard InChI is InChI=1S/C28H26FN3O3/c1-2-34-23-13-7-20(8-14-23)26-19-30-27(35-26)24-5-3-4-6-25(24)28(33)32-17-15-31(16-18-32)22-11-9-21(29)10-12-22/h3-14,19H,2,15-18H2,1H3. The van der Waals surface area contributed by atoms with Crippen LogP contribution >= 0.6 is 0 Å². The number of aromatic nitrogens is 1. The summed E-state index contributed by atoms with van der Waals surface area (Å²) in [6.07, 6.45) is 1.67. The number of hydrogen-bond acceptors (Lipinski definition) is 5. The maximum Gasteiger partial charge on any atom is 0.254 e. The second-order valence-corrected chi connectivity index (χ2v) is 8.29. The first-order valence-electron chi connectivity index (χ1n) is 11.7. The molecule has 0 N–H and O–H groups in total. The molecule has 1 saturated heterocycles. The predicted octanol–water partition coefficient (Wildman–Crippen LogP) is 5.51. The number of piperazine rings is 1. The summed E-state index contributed by atoms with van der Waals surface area (Å²) < 4.78 is 24.8. The highest BCUT2D eigenvalue weighted by Crippen LogP contribution is 2.30. The number of rotatable bonds is 6. The van der Waals surface area contributed by atoms with Gasteiger partial charge in [0.2, 0.25) is 5.89 Å². The van der Waals surface area contributed by atoms with E-state index in [-0.39, 0.29) is 11.7 Å². The number of oxazole rings is 1. The van der Waals surface area contributed by atoms with Crippen LogP contribution in [0.1, 0.15) is 17.3 Å². The topological polar surface area (TPSA) is 58.8 Å². The molecule has 1 aromatic heterocycles. The third-order valence-electron chi connectivity index (χ3n) is 6.10. The zero-order chi connectivity index (χ0) is 24.2. The largest absolute Gasteiger partial charge is 0.494 e.